The molecule has 0 spiro atoms. The van der Waals surface area contributed by atoms with Crippen molar-refractivity contribution in [2.75, 3.05) is 12.3 Å². The van der Waals surface area contributed by atoms with Crippen molar-refractivity contribution in [2.45, 2.75) is 45.5 Å². The number of benzene rings is 3. The van der Waals surface area contributed by atoms with Crippen LogP contribution in [0.25, 0.3) is 0 Å². The third-order valence-corrected chi connectivity index (χ3v) is 7.32. The lowest BCUT2D eigenvalue weighted by Crippen LogP contribution is -2.51. The van der Waals surface area contributed by atoms with Crippen LogP contribution in [0.2, 0.25) is 0 Å². The molecule has 1 N–H and O–H groups in total. The molecule has 2 amide bonds. The Morgan fingerprint density at radius 1 is 0.917 bits per heavy atom. The van der Waals surface area contributed by atoms with Crippen LogP contribution in [0.5, 0.6) is 0 Å². The Morgan fingerprint density at radius 3 is 2.28 bits per heavy atom. The Bertz CT molecular complexity index is 1120. The molecule has 190 valence electrons. The highest BCUT2D eigenvalue weighted by molar-refractivity contribution is 9.10. The van der Waals surface area contributed by atoms with Crippen LogP contribution in [0.4, 0.5) is 0 Å². The van der Waals surface area contributed by atoms with Crippen molar-refractivity contribution in [1.29, 1.82) is 0 Å². The number of thioether (sulfide) groups is 1. The molecule has 36 heavy (non-hydrogen) atoms. The summed E-state index contributed by atoms with van der Waals surface area (Å²) in [5.41, 5.74) is 4.43. The zero-order valence-electron chi connectivity index (χ0n) is 21.2. The van der Waals surface area contributed by atoms with Gasteiger partial charge in [-0.25, -0.2) is 0 Å². The quantitative estimate of drug-likeness (QED) is 0.276. The number of rotatable bonds is 12. The molecule has 0 aliphatic carbocycles. The van der Waals surface area contributed by atoms with E-state index in [4.69, 9.17) is 0 Å². The van der Waals surface area contributed by atoms with E-state index in [1.54, 1.807) is 16.7 Å². The fourth-order valence-corrected chi connectivity index (χ4v) is 5.03. The maximum atomic E-state index is 13.7. The van der Waals surface area contributed by atoms with Crippen molar-refractivity contribution in [3.05, 3.63) is 106 Å². The molecular weight excluding hydrogens is 532 g/mol. The topological polar surface area (TPSA) is 49.4 Å². The van der Waals surface area contributed by atoms with E-state index in [0.717, 1.165) is 21.4 Å². The molecule has 0 saturated carbocycles. The molecule has 0 unspecified atom stereocenters. The van der Waals surface area contributed by atoms with Gasteiger partial charge in [0.1, 0.15) is 6.04 Å². The Labute approximate surface area is 228 Å². The smallest absolute Gasteiger partial charge is 0.243 e. The summed E-state index contributed by atoms with van der Waals surface area (Å²) < 4.78 is 0.980. The van der Waals surface area contributed by atoms with Crippen molar-refractivity contribution in [2.24, 2.45) is 5.92 Å². The third kappa shape index (κ3) is 9.14. The minimum Gasteiger partial charge on any atom is -0.354 e. The number of carbonyl (C=O) groups excluding carboxylic acids is 2. The van der Waals surface area contributed by atoms with Gasteiger partial charge in [-0.2, -0.15) is 0 Å². The molecule has 0 fully saturated rings. The molecule has 1 atom stereocenters. The van der Waals surface area contributed by atoms with Gasteiger partial charge in [-0.1, -0.05) is 102 Å². The average Bonchev–Trinajstić information content (AvgIpc) is 2.86. The molecule has 3 aromatic rings. The first kappa shape index (κ1) is 28.0. The van der Waals surface area contributed by atoms with Crippen LogP contribution >= 0.6 is 27.7 Å². The van der Waals surface area contributed by atoms with Crippen molar-refractivity contribution in [1.82, 2.24) is 10.2 Å². The Kier molecular flexibility index (Phi) is 11.1. The molecule has 0 aliphatic heterocycles. The van der Waals surface area contributed by atoms with Crippen LogP contribution < -0.4 is 5.32 Å². The zero-order valence-corrected chi connectivity index (χ0v) is 23.6. The Balaban J connectivity index is 1.83. The van der Waals surface area contributed by atoms with Gasteiger partial charge in [-0.3, -0.25) is 9.59 Å². The van der Waals surface area contributed by atoms with Crippen molar-refractivity contribution in [3.8, 4) is 0 Å². The maximum Gasteiger partial charge on any atom is 0.243 e. The summed E-state index contributed by atoms with van der Waals surface area (Å²) in [7, 11) is 0. The van der Waals surface area contributed by atoms with E-state index < -0.39 is 6.04 Å². The SMILES string of the molecule is Cc1cccc(CSCC(=O)N(Cc2ccc(Br)cc2)[C@@H](Cc2ccccc2)C(=O)NCC(C)C)c1. The second kappa shape index (κ2) is 14.2. The molecule has 0 radical (unpaired) electrons. The number of hydrogen-bond donors (Lipinski definition) is 1. The number of halogens is 1. The van der Waals surface area contributed by atoms with Gasteiger partial charge in [0.2, 0.25) is 11.8 Å². The maximum absolute atomic E-state index is 13.7. The van der Waals surface area contributed by atoms with Crippen LogP contribution in [0.15, 0.2) is 83.3 Å². The molecule has 0 saturated heterocycles. The normalized spacial score (nSPS) is 11.8. The molecule has 0 heterocycles. The fourth-order valence-electron chi connectivity index (χ4n) is 3.90. The first-order chi connectivity index (χ1) is 17.3. The highest BCUT2D eigenvalue weighted by Gasteiger charge is 2.30. The van der Waals surface area contributed by atoms with E-state index in [9.17, 15) is 9.59 Å². The van der Waals surface area contributed by atoms with Crippen LogP contribution in [0.1, 0.15) is 36.1 Å². The number of hydrogen-bond acceptors (Lipinski definition) is 3. The summed E-state index contributed by atoms with van der Waals surface area (Å²) >= 11 is 5.07. The molecular formula is C30H35BrN2O2S. The van der Waals surface area contributed by atoms with Crippen LogP contribution in [-0.2, 0) is 28.3 Å². The van der Waals surface area contributed by atoms with Crippen LogP contribution in [0.3, 0.4) is 0 Å². The van der Waals surface area contributed by atoms with E-state index in [1.165, 1.54) is 11.1 Å². The zero-order chi connectivity index (χ0) is 25.9. The van der Waals surface area contributed by atoms with E-state index >= 15 is 0 Å². The molecule has 0 aliphatic rings. The third-order valence-electron chi connectivity index (χ3n) is 5.80. The van der Waals surface area contributed by atoms with Crippen LogP contribution in [0, 0.1) is 12.8 Å². The number of carbonyl (C=O) groups is 2. The van der Waals surface area contributed by atoms with Crippen molar-refractivity contribution >= 4 is 39.5 Å². The van der Waals surface area contributed by atoms with E-state index in [2.05, 4.69) is 60.2 Å². The van der Waals surface area contributed by atoms with Crippen LogP contribution in [-0.4, -0.2) is 35.1 Å². The number of nitrogens with zero attached hydrogens (tertiary/aromatic N) is 1. The summed E-state index contributed by atoms with van der Waals surface area (Å²) in [6.07, 6.45) is 0.468. The van der Waals surface area contributed by atoms with E-state index in [0.29, 0.717) is 31.2 Å². The number of nitrogens with one attached hydrogen (secondary N) is 1. The van der Waals surface area contributed by atoms with Crippen molar-refractivity contribution in [3.63, 3.8) is 0 Å². The summed E-state index contributed by atoms with van der Waals surface area (Å²) in [5, 5.41) is 3.07. The predicted octanol–water partition coefficient (Wildman–Crippen LogP) is 6.40. The minimum absolute atomic E-state index is 0.0313. The minimum atomic E-state index is -0.595. The van der Waals surface area contributed by atoms with E-state index in [1.807, 2.05) is 60.7 Å². The number of aryl methyl sites for hydroxylation is 1. The largest absolute Gasteiger partial charge is 0.354 e. The van der Waals surface area contributed by atoms with Gasteiger partial charge in [-0.15, -0.1) is 11.8 Å². The number of amides is 2. The van der Waals surface area contributed by atoms with Gasteiger partial charge in [0.15, 0.2) is 0 Å². The van der Waals surface area contributed by atoms with E-state index in [-0.39, 0.29) is 11.8 Å². The lowest BCUT2D eigenvalue weighted by atomic mass is 10.0. The molecule has 0 aromatic heterocycles. The van der Waals surface area contributed by atoms with Crippen molar-refractivity contribution < 1.29 is 9.59 Å². The first-order valence-corrected chi connectivity index (χ1v) is 14.3. The summed E-state index contributed by atoms with van der Waals surface area (Å²) in [6, 6.07) is 25.6. The van der Waals surface area contributed by atoms with Gasteiger partial charge < -0.3 is 10.2 Å². The predicted molar refractivity (Wildman–Crippen MR) is 154 cm³/mol. The fraction of sp³-hybridized carbons (Fsp3) is 0.333. The first-order valence-electron chi connectivity index (χ1n) is 12.3. The highest BCUT2D eigenvalue weighted by atomic mass is 79.9. The van der Waals surface area contributed by atoms with Gasteiger partial charge in [-0.05, 0) is 41.7 Å². The second-order valence-corrected chi connectivity index (χ2v) is 11.4. The van der Waals surface area contributed by atoms with Gasteiger partial charge in [0.05, 0.1) is 5.75 Å². The molecule has 0 bridgehead atoms. The lowest BCUT2D eigenvalue weighted by Gasteiger charge is -2.32. The van der Waals surface area contributed by atoms with Gasteiger partial charge in [0.25, 0.3) is 0 Å². The molecule has 6 heteroatoms. The molecule has 3 rings (SSSR count). The standard InChI is InChI=1S/C30H35BrN2O2S/c1-22(2)18-32-30(35)28(17-24-9-5-4-6-10-24)33(19-25-12-14-27(31)15-13-25)29(34)21-36-20-26-11-7-8-23(3)16-26/h4-16,22,28H,17-21H2,1-3H3,(H,32,35)/t28-/m0/s1. The lowest BCUT2D eigenvalue weighted by molar-refractivity contribution is -0.139. The molecule has 3 aromatic carbocycles. The van der Waals surface area contributed by atoms with Gasteiger partial charge >= 0.3 is 0 Å². The van der Waals surface area contributed by atoms with Gasteiger partial charge in [0, 0.05) is 29.7 Å². The second-order valence-electron chi connectivity index (χ2n) is 9.47. The highest BCUT2D eigenvalue weighted by Crippen LogP contribution is 2.20. The Morgan fingerprint density at radius 2 is 1.61 bits per heavy atom. The summed E-state index contributed by atoms with van der Waals surface area (Å²) in [5.74, 6) is 1.25. The Hall–Kier alpha value is -2.57. The monoisotopic (exact) mass is 566 g/mol. The molecule has 4 nitrogen and oxygen atoms in total. The summed E-state index contributed by atoms with van der Waals surface area (Å²) in [4.78, 5) is 28.9. The summed E-state index contributed by atoms with van der Waals surface area (Å²) in [6.45, 7) is 7.16. The average molecular weight is 568 g/mol.